The van der Waals surface area contributed by atoms with Gasteiger partial charge in [-0.25, -0.2) is 33.7 Å². The number of aromatic amines is 4. The highest BCUT2D eigenvalue weighted by molar-refractivity contribution is 8.14. The third kappa shape index (κ3) is 8.55. The zero-order valence-corrected chi connectivity index (χ0v) is 38.6. The molecule has 0 radical (unpaired) electrons. The summed E-state index contributed by atoms with van der Waals surface area (Å²) in [7, 11) is 6.62. The summed E-state index contributed by atoms with van der Waals surface area (Å²) in [5.41, 5.74) is 7.37. The minimum absolute atomic E-state index is 0.0941. The molecule has 64 heavy (non-hydrogen) atoms. The highest BCUT2D eigenvalue weighted by Crippen LogP contribution is 2.30. The molecule has 0 unspecified atom stereocenters. The van der Waals surface area contributed by atoms with Gasteiger partial charge in [-0.3, -0.25) is 0 Å². The summed E-state index contributed by atoms with van der Waals surface area (Å²) in [5, 5.41) is 2.40. The number of aromatic nitrogens is 4. The smallest absolute Gasteiger partial charge is 0.261 e. The predicted octanol–water partition coefficient (Wildman–Crippen LogP) is 6.01. The lowest BCUT2D eigenvalue weighted by Crippen LogP contribution is -2.19. The van der Waals surface area contributed by atoms with E-state index >= 15 is 0 Å². The van der Waals surface area contributed by atoms with E-state index in [1.165, 1.54) is 48.5 Å². The third-order valence-corrected chi connectivity index (χ3v) is 16.1. The second-order valence-electron chi connectivity index (χ2n) is 14.5. The van der Waals surface area contributed by atoms with E-state index in [4.69, 9.17) is 42.7 Å². The van der Waals surface area contributed by atoms with Crippen molar-refractivity contribution >= 4 is 101 Å². The van der Waals surface area contributed by atoms with Crippen molar-refractivity contribution in [1.82, 2.24) is 19.9 Å². The standard InChI is InChI=1S/C44H28Cl4N4O8S4/c45-61(53,54)29-9-1-25(2-10-29)41-33-17-19-35(49-33)42(26-3-11-30(12-4-26)62(46,55)56)37-21-23-39(51-37)44(28-7-15-32(16-8-28)64(48,59)60)40-24-22-38(52-40)43(36-20-18-34(41)50-36)27-5-13-31(14-6-27)63(47,57)58/h1-24,49-52H. The molecule has 0 atom stereocenters. The van der Waals surface area contributed by atoms with E-state index in [2.05, 4.69) is 19.9 Å². The van der Waals surface area contributed by atoms with Crippen LogP contribution in [0.15, 0.2) is 165 Å². The summed E-state index contributed by atoms with van der Waals surface area (Å²) in [6, 6.07) is 39.2. The lowest BCUT2D eigenvalue weighted by Gasteiger charge is -2.10. The van der Waals surface area contributed by atoms with Crippen LogP contribution in [0, 0.1) is 0 Å². The zero-order valence-electron chi connectivity index (χ0n) is 32.3. The van der Waals surface area contributed by atoms with Gasteiger partial charge in [0, 0.05) is 109 Å². The molecule has 12 nitrogen and oxygen atoms in total. The third-order valence-electron chi connectivity index (χ3n) is 10.6. The molecule has 0 saturated heterocycles. The maximum absolute atomic E-state index is 12.3. The van der Waals surface area contributed by atoms with E-state index in [9.17, 15) is 33.7 Å². The normalized spacial score (nSPS) is 13.7. The fourth-order valence-electron chi connectivity index (χ4n) is 7.71. The number of halogens is 4. The van der Waals surface area contributed by atoms with Crippen molar-refractivity contribution in [3.63, 3.8) is 0 Å². The first kappa shape index (κ1) is 43.7. The molecule has 1 aliphatic rings. The summed E-state index contributed by atoms with van der Waals surface area (Å²) in [6.07, 6.45) is 0. The molecule has 0 fully saturated rings. The molecule has 20 heteroatoms. The number of hydrogen-bond donors (Lipinski definition) is 4. The SMILES string of the molecule is O=S(=O)(Cl)c1ccc(C2=c3ccc([nH]3)=C(c3ccc(S(=O)(=O)Cl)cc3)c3ccc([nH]3)C(c3ccc(S(=O)(=O)Cl)cc3)=c3ccc([nH]3)=C(c3ccc(S(=O)(=O)Cl)cc3)c3ccc2[nH]3)cc1. The molecule has 0 spiro atoms. The first-order valence-corrected chi connectivity index (χ1v) is 27.9. The van der Waals surface area contributed by atoms with Gasteiger partial charge in [-0.05, 0) is 119 Å². The Hall–Kier alpha value is -5.56. The molecule has 0 amide bonds. The van der Waals surface area contributed by atoms with Gasteiger partial charge in [-0.1, -0.05) is 48.5 Å². The van der Waals surface area contributed by atoms with Gasteiger partial charge in [-0.15, -0.1) is 0 Å². The van der Waals surface area contributed by atoms with Crippen LogP contribution in [0.4, 0.5) is 0 Å². The lowest BCUT2D eigenvalue weighted by atomic mass is 10.0. The van der Waals surface area contributed by atoms with Crippen LogP contribution in [0.2, 0.25) is 0 Å². The molecule has 4 aromatic carbocycles. The number of fused-ring (bicyclic) bond motifs is 8. The van der Waals surface area contributed by atoms with Crippen molar-refractivity contribution in [3.05, 3.63) is 212 Å². The molecule has 324 valence electrons. The summed E-state index contributed by atoms with van der Waals surface area (Å²) in [5.74, 6) is 0. The van der Waals surface area contributed by atoms with Crippen molar-refractivity contribution in [2.45, 2.75) is 19.6 Å². The highest BCUT2D eigenvalue weighted by atomic mass is 35.7. The Bertz CT molecular complexity index is 3410. The number of H-pyrrole nitrogens is 4. The fourth-order valence-corrected chi connectivity index (χ4v) is 10.8. The molecule has 0 saturated carbocycles. The van der Waals surface area contributed by atoms with Crippen LogP contribution < -0.4 is 21.4 Å². The Kier molecular flexibility index (Phi) is 11.0. The number of rotatable bonds is 8. The number of hydrogen-bond acceptors (Lipinski definition) is 8. The maximum Gasteiger partial charge on any atom is 0.261 e. The Morgan fingerprint density at radius 1 is 0.250 bits per heavy atom. The van der Waals surface area contributed by atoms with Crippen LogP contribution in [-0.4, -0.2) is 53.6 Å². The second-order valence-corrected chi connectivity index (χ2v) is 24.8. The van der Waals surface area contributed by atoms with E-state index < -0.39 is 36.2 Å². The maximum atomic E-state index is 12.3. The van der Waals surface area contributed by atoms with Crippen LogP contribution in [-0.2, 0) is 36.2 Å². The highest BCUT2D eigenvalue weighted by Gasteiger charge is 2.21. The van der Waals surface area contributed by atoms with Crippen molar-refractivity contribution < 1.29 is 33.7 Å². The molecule has 8 bridgehead atoms. The Morgan fingerprint density at radius 3 is 0.609 bits per heavy atom. The Labute approximate surface area is 383 Å². The monoisotopic (exact) mass is 1010 g/mol. The van der Waals surface area contributed by atoms with Gasteiger partial charge < -0.3 is 19.9 Å². The molecule has 4 N–H and O–H groups in total. The van der Waals surface area contributed by atoms with Gasteiger partial charge in [0.05, 0.1) is 19.6 Å². The van der Waals surface area contributed by atoms with Gasteiger partial charge in [0.1, 0.15) is 0 Å². The number of nitrogens with one attached hydrogen (secondary N) is 4. The Balaban J connectivity index is 1.40. The molecule has 5 heterocycles. The summed E-state index contributed by atoms with van der Waals surface area (Å²) in [4.78, 5) is 13.8. The van der Waals surface area contributed by atoms with Gasteiger partial charge >= 0.3 is 0 Å². The largest absolute Gasteiger partial charge is 0.354 e. The quantitative estimate of drug-likeness (QED) is 0.133. The molecule has 9 rings (SSSR count). The van der Waals surface area contributed by atoms with Crippen molar-refractivity contribution in [2.75, 3.05) is 0 Å². The van der Waals surface area contributed by atoms with Gasteiger partial charge in [0.15, 0.2) is 0 Å². The Morgan fingerprint density at radius 2 is 0.438 bits per heavy atom. The van der Waals surface area contributed by atoms with E-state index in [0.717, 1.165) is 0 Å². The average molecular weight is 1010 g/mol. The first-order chi connectivity index (χ1) is 30.2. The van der Waals surface area contributed by atoms with Crippen LogP contribution in [0.5, 0.6) is 0 Å². The van der Waals surface area contributed by atoms with E-state index in [0.29, 0.717) is 88.7 Å². The predicted molar refractivity (Wildman–Crippen MR) is 246 cm³/mol. The van der Waals surface area contributed by atoms with Crippen LogP contribution in [0.25, 0.3) is 22.3 Å². The van der Waals surface area contributed by atoms with Gasteiger partial charge in [0.2, 0.25) is 0 Å². The molecule has 4 aromatic heterocycles. The topological polar surface area (TPSA) is 200 Å². The van der Waals surface area contributed by atoms with Crippen molar-refractivity contribution in [3.8, 4) is 0 Å². The van der Waals surface area contributed by atoms with Crippen molar-refractivity contribution in [1.29, 1.82) is 0 Å². The van der Waals surface area contributed by atoms with Crippen LogP contribution >= 0.6 is 42.7 Å². The summed E-state index contributed by atoms with van der Waals surface area (Å²) in [6.45, 7) is 0. The average Bonchev–Trinajstić information content (AvgIpc) is 4.08. The van der Waals surface area contributed by atoms with Gasteiger partial charge in [-0.2, -0.15) is 0 Å². The molecular weight excluding hydrogens is 983 g/mol. The second kappa shape index (κ2) is 16.2. The number of benzene rings is 4. The van der Waals surface area contributed by atoms with E-state index in [-0.39, 0.29) is 19.6 Å². The zero-order chi connectivity index (χ0) is 45.3. The first-order valence-electron chi connectivity index (χ1n) is 18.7. The fraction of sp³-hybridized carbons (Fsp3) is 0. The van der Waals surface area contributed by atoms with Crippen molar-refractivity contribution in [2.24, 2.45) is 0 Å². The minimum Gasteiger partial charge on any atom is -0.354 e. The lowest BCUT2D eigenvalue weighted by molar-refractivity contribution is 0.608. The van der Waals surface area contributed by atoms with Gasteiger partial charge in [0.25, 0.3) is 36.2 Å². The minimum atomic E-state index is -4.04. The summed E-state index contributed by atoms with van der Waals surface area (Å²) >= 11 is 0. The van der Waals surface area contributed by atoms with E-state index in [1.54, 1.807) is 48.5 Å². The van der Waals surface area contributed by atoms with E-state index in [1.807, 2.05) is 48.5 Å². The molecule has 1 aliphatic heterocycles. The molecule has 8 aromatic rings. The van der Waals surface area contributed by atoms with Crippen LogP contribution in [0.3, 0.4) is 0 Å². The molecule has 0 aliphatic carbocycles. The summed E-state index contributed by atoms with van der Waals surface area (Å²) < 4.78 is 98.1. The van der Waals surface area contributed by atoms with Crippen LogP contribution in [0.1, 0.15) is 45.0 Å². The molecular formula is C44H28Cl4N4O8S4.